The van der Waals surface area contributed by atoms with Crippen LogP contribution in [-0.2, 0) is 4.74 Å². The summed E-state index contributed by atoms with van der Waals surface area (Å²) in [5.41, 5.74) is 3.13. The van der Waals surface area contributed by atoms with Gasteiger partial charge in [0.25, 0.3) is 0 Å². The number of hydrogen-bond acceptors (Lipinski definition) is 4. The van der Waals surface area contributed by atoms with E-state index in [1.165, 1.54) is 11.8 Å². The molecule has 0 aliphatic carbocycles. The van der Waals surface area contributed by atoms with Crippen LogP contribution in [-0.4, -0.2) is 54.0 Å². The summed E-state index contributed by atoms with van der Waals surface area (Å²) in [6.07, 6.45) is -4.55. The number of alkyl halides is 3. The summed E-state index contributed by atoms with van der Waals surface area (Å²) in [6, 6.07) is 0. The van der Waals surface area contributed by atoms with Gasteiger partial charge in [0, 0.05) is 19.7 Å². The highest BCUT2D eigenvalue weighted by Gasteiger charge is 2.59. The monoisotopic (exact) mass is 255 g/mol. The minimum Gasteiger partial charge on any atom is -0.409 e. The van der Waals surface area contributed by atoms with Crippen LogP contribution >= 0.6 is 0 Å². The smallest absolute Gasteiger partial charge is 0.409 e. The van der Waals surface area contributed by atoms with Gasteiger partial charge < -0.3 is 15.7 Å². The van der Waals surface area contributed by atoms with E-state index < -0.39 is 11.8 Å². The van der Waals surface area contributed by atoms with E-state index in [0.29, 0.717) is 0 Å². The number of oxime groups is 1. The third-order valence-corrected chi connectivity index (χ3v) is 2.76. The minimum atomic E-state index is -4.41. The number of ether oxygens (including phenoxy) is 1. The molecule has 1 fully saturated rings. The van der Waals surface area contributed by atoms with E-state index in [9.17, 15) is 13.2 Å². The van der Waals surface area contributed by atoms with Crippen molar-refractivity contribution < 1.29 is 23.1 Å². The van der Waals surface area contributed by atoms with E-state index >= 15 is 0 Å². The highest BCUT2D eigenvalue weighted by molar-refractivity contribution is 5.81. The van der Waals surface area contributed by atoms with Crippen LogP contribution in [0.4, 0.5) is 13.2 Å². The first-order valence-electron chi connectivity index (χ1n) is 5.24. The predicted octanol–water partition coefficient (Wildman–Crippen LogP) is 0.776. The summed E-state index contributed by atoms with van der Waals surface area (Å²) >= 11 is 0. The summed E-state index contributed by atoms with van der Waals surface area (Å²) in [5, 5.41) is 11.1. The van der Waals surface area contributed by atoms with Crippen LogP contribution in [0.3, 0.4) is 0 Å². The Hall–Kier alpha value is -1.02. The first-order chi connectivity index (χ1) is 7.84. The molecule has 0 aromatic rings. The highest BCUT2D eigenvalue weighted by Crippen LogP contribution is 2.40. The molecule has 0 amide bonds. The minimum absolute atomic E-state index is 0.00139. The van der Waals surface area contributed by atoms with Gasteiger partial charge in [0.15, 0.2) is 11.4 Å². The second-order valence-corrected chi connectivity index (χ2v) is 3.98. The lowest BCUT2D eigenvalue weighted by atomic mass is 10.0. The second kappa shape index (κ2) is 5.09. The maximum atomic E-state index is 12.9. The van der Waals surface area contributed by atoms with Gasteiger partial charge in [0.05, 0.1) is 6.54 Å². The summed E-state index contributed by atoms with van der Waals surface area (Å²) in [6.45, 7) is 1.44. The zero-order valence-corrected chi connectivity index (χ0v) is 9.50. The van der Waals surface area contributed by atoms with Crippen molar-refractivity contribution in [1.29, 1.82) is 0 Å². The van der Waals surface area contributed by atoms with E-state index in [1.807, 2.05) is 0 Å². The quantitative estimate of drug-likeness (QED) is 0.337. The molecule has 0 aromatic carbocycles. The fourth-order valence-corrected chi connectivity index (χ4v) is 1.96. The molecule has 0 spiro atoms. The zero-order chi connectivity index (χ0) is 13.1. The van der Waals surface area contributed by atoms with Gasteiger partial charge >= 0.3 is 6.18 Å². The number of rotatable bonds is 4. The second-order valence-electron chi connectivity index (χ2n) is 3.98. The van der Waals surface area contributed by atoms with Gasteiger partial charge in [0.2, 0.25) is 0 Å². The maximum absolute atomic E-state index is 12.9. The fourth-order valence-electron chi connectivity index (χ4n) is 1.96. The van der Waals surface area contributed by atoms with Crippen molar-refractivity contribution in [3.8, 4) is 0 Å². The third kappa shape index (κ3) is 3.01. The molecular formula is C9H16F3N3O2. The lowest BCUT2D eigenvalue weighted by molar-refractivity contribution is -0.270. The molecule has 0 aromatic heterocycles. The standard InChI is InChI=1S/C9H16F3N3O2/c1-2-17-8(9(10,11)12)3-4-15(6-8)5-7(13)14-16/h16H,2-6H2,1H3,(H2,13,14)/t8-/m0/s1. The lowest BCUT2D eigenvalue weighted by Crippen LogP contribution is -2.50. The van der Waals surface area contributed by atoms with Crippen LogP contribution in [0.15, 0.2) is 5.16 Å². The molecule has 100 valence electrons. The van der Waals surface area contributed by atoms with Crippen molar-refractivity contribution in [3.63, 3.8) is 0 Å². The first-order valence-corrected chi connectivity index (χ1v) is 5.24. The van der Waals surface area contributed by atoms with E-state index in [1.54, 1.807) is 0 Å². The van der Waals surface area contributed by atoms with Gasteiger partial charge in [0.1, 0.15) is 0 Å². The zero-order valence-electron chi connectivity index (χ0n) is 9.50. The van der Waals surface area contributed by atoms with Crippen LogP contribution < -0.4 is 5.73 Å². The van der Waals surface area contributed by atoms with Gasteiger partial charge in [-0.25, -0.2) is 0 Å². The SMILES string of the molecule is CCO[C@@]1(C(F)(F)F)CCN(CC(N)=NO)C1. The highest BCUT2D eigenvalue weighted by atomic mass is 19.4. The number of likely N-dealkylation sites (tertiary alicyclic amines) is 1. The summed E-state index contributed by atoms with van der Waals surface area (Å²) in [5.74, 6) is -0.112. The normalized spacial score (nSPS) is 27.6. The Labute approximate surface area is 97.0 Å². The van der Waals surface area contributed by atoms with Crippen molar-refractivity contribution in [2.45, 2.75) is 25.1 Å². The molecule has 0 saturated carbocycles. The molecule has 1 heterocycles. The van der Waals surface area contributed by atoms with Gasteiger partial charge in [-0.15, -0.1) is 0 Å². The fraction of sp³-hybridized carbons (Fsp3) is 0.889. The lowest BCUT2D eigenvalue weighted by Gasteiger charge is -2.31. The Morgan fingerprint density at radius 3 is 2.71 bits per heavy atom. The summed E-state index contributed by atoms with van der Waals surface area (Å²) in [7, 11) is 0. The van der Waals surface area contributed by atoms with Crippen molar-refractivity contribution in [2.24, 2.45) is 10.9 Å². The molecule has 1 rings (SSSR count). The summed E-state index contributed by atoms with van der Waals surface area (Å²) < 4.78 is 43.7. The average Bonchev–Trinajstić information content (AvgIpc) is 2.62. The summed E-state index contributed by atoms with van der Waals surface area (Å²) in [4.78, 5) is 1.46. The van der Waals surface area contributed by atoms with E-state index in [0.717, 1.165) is 0 Å². The van der Waals surface area contributed by atoms with Crippen LogP contribution in [0.5, 0.6) is 0 Å². The van der Waals surface area contributed by atoms with E-state index in [4.69, 9.17) is 15.7 Å². The van der Waals surface area contributed by atoms with Crippen LogP contribution in [0.1, 0.15) is 13.3 Å². The van der Waals surface area contributed by atoms with Crippen molar-refractivity contribution in [3.05, 3.63) is 0 Å². The Bertz CT molecular complexity index is 296. The molecule has 0 unspecified atom stereocenters. The van der Waals surface area contributed by atoms with Gasteiger partial charge in [-0.2, -0.15) is 13.2 Å². The average molecular weight is 255 g/mol. The maximum Gasteiger partial charge on any atom is 0.418 e. The van der Waals surface area contributed by atoms with Crippen molar-refractivity contribution in [1.82, 2.24) is 4.90 Å². The molecule has 17 heavy (non-hydrogen) atoms. The number of amidine groups is 1. The molecule has 8 heteroatoms. The molecule has 1 atom stereocenters. The van der Waals surface area contributed by atoms with Crippen molar-refractivity contribution in [2.75, 3.05) is 26.2 Å². The van der Waals surface area contributed by atoms with Gasteiger partial charge in [-0.1, -0.05) is 5.16 Å². The van der Waals surface area contributed by atoms with E-state index in [-0.39, 0.29) is 38.5 Å². The number of hydrogen-bond donors (Lipinski definition) is 2. The Morgan fingerprint density at radius 2 is 2.24 bits per heavy atom. The van der Waals surface area contributed by atoms with Crippen LogP contribution in [0.2, 0.25) is 0 Å². The molecule has 1 aliphatic rings. The largest absolute Gasteiger partial charge is 0.418 e. The number of nitrogens with zero attached hydrogens (tertiary/aromatic N) is 2. The van der Waals surface area contributed by atoms with Crippen LogP contribution in [0, 0.1) is 0 Å². The number of halogens is 3. The molecule has 1 saturated heterocycles. The Balaban J connectivity index is 2.72. The third-order valence-electron chi connectivity index (χ3n) is 2.76. The van der Waals surface area contributed by atoms with Gasteiger partial charge in [-0.05, 0) is 13.3 Å². The molecule has 1 aliphatic heterocycles. The molecule has 3 N–H and O–H groups in total. The Morgan fingerprint density at radius 1 is 1.59 bits per heavy atom. The Kier molecular flexibility index (Phi) is 4.21. The van der Waals surface area contributed by atoms with Gasteiger partial charge in [-0.3, -0.25) is 4.90 Å². The van der Waals surface area contributed by atoms with E-state index in [2.05, 4.69) is 5.16 Å². The molecule has 0 radical (unpaired) electrons. The predicted molar refractivity (Wildman–Crippen MR) is 54.9 cm³/mol. The topological polar surface area (TPSA) is 71.1 Å². The first kappa shape index (κ1) is 14.0. The van der Waals surface area contributed by atoms with Crippen LogP contribution in [0.25, 0.3) is 0 Å². The molecule has 0 bridgehead atoms. The number of nitrogens with two attached hydrogens (primary N) is 1. The molecular weight excluding hydrogens is 239 g/mol. The molecule has 5 nitrogen and oxygen atoms in total. The van der Waals surface area contributed by atoms with Crippen molar-refractivity contribution >= 4 is 5.84 Å².